The summed E-state index contributed by atoms with van der Waals surface area (Å²) >= 11 is 0. The van der Waals surface area contributed by atoms with E-state index in [4.69, 9.17) is 0 Å². The molecule has 0 fully saturated rings. The van der Waals surface area contributed by atoms with Crippen LogP contribution in [0.25, 0.3) is 0 Å². The van der Waals surface area contributed by atoms with Gasteiger partial charge >= 0.3 is 0 Å². The van der Waals surface area contributed by atoms with Gasteiger partial charge in [-0.15, -0.1) is 0 Å². The Hall–Kier alpha value is -3.69. The number of amides is 3. The maximum absolute atomic E-state index is 13.1. The Kier molecular flexibility index (Phi) is 4.63. The van der Waals surface area contributed by atoms with E-state index in [9.17, 15) is 33.3 Å². The molecular formula is C17H11F2N3O5. The Morgan fingerprint density at radius 3 is 2.52 bits per heavy atom. The fourth-order valence-corrected chi connectivity index (χ4v) is 2.68. The Bertz CT molecular complexity index is 993. The van der Waals surface area contributed by atoms with Crippen LogP contribution in [-0.4, -0.2) is 34.1 Å². The van der Waals surface area contributed by atoms with Gasteiger partial charge in [0.25, 0.3) is 17.5 Å². The topological polar surface area (TPSA) is 110 Å². The van der Waals surface area contributed by atoms with Gasteiger partial charge in [0.1, 0.15) is 5.56 Å². The van der Waals surface area contributed by atoms with Crippen LogP contribution in [0.2, 0.25) is 0 Å². The lowest BCUT2D eigenvalue weighted by Gasteiger charge is -2.13. The molecule has 3 amide bonds. The number of nitrogens with one attached hydrogen (secondary N) is 1. The average molecular weight is 375 g/mol. The van der Waals surface area contributed by atoms with Crippen molar-refractivity contribution in [3.05, 3.63) is 69.3 Å². The number of anilines is 1. The minimum atomic E-state index is -1.14. The molecule has 0 saturated heterocycles. The molecule has 0 aromatic heterocycles. The van der Waals surface area contributed by atoms with E-state index in [0.29, 0.717) is 0 Å². The van der Waals surface area contributed by atoms with Gasteiger partial charge in [0.05, 0.1) is 10.5 Å². The minimum absolute atomic E-state index is 0.0110. The second-order valence-electron chi connectivity index (χ2n) is 5.65. The summed E-state index contributed by atoms with van der Waals surface area (Å²) in [6, 6.07) is 6.49. The van der Waals surface area contributed by atoms with E-state index in [1.54, 1.807) is 0 Å². The molecule has 27 heavy (non-hydrogen) atoms. The van der Waals surface area contributed by atoms with Crippen molar-refractivity contribution in [2.24, 2.45) is 0 Å². The van der Waals surface area contributed by atoms with E-state index in [2.05, 4.69) is 5.32 Å². The Labute approximate surface area is 150 Å². The van der Waals surface area contributed by atoms with Gasteiger partial charge in [0.2, 0.25) is 5.91 Å². The molecule has 138 valence electrons. The van der Waals surface area contributed by atoms with E-state index in [0.717, 1.165) is 29.2 Å². The maximum atomic E-state index is 13.1. The molecule has 0 radical (unpaired) electrons. The lowest BCUT2D eigenvalue weighted by molar-refractivity contribution is -0.385. The van der Waals surface area contributed by atoms with Crippen molar-refractivity contribution >= 4 is 29.1 Å². The first-order chi connectivity index (χ1) is 12.8. The van der Waals surface area contributed by atoms with Crippen molar-refractivity contribution in [2.75, 3.05) is 11.9 Å². The van der Waals surface area contributed by atoms with Crippen molar-refractivity contribution in [3.63, 3.8) is 0 Å². The highest BCUT2D eigenvalue weighted by molar-refractivity contribution is 6.23. The molecule has 2 aromatic carbocycles. The highest BCUT2D eigenvalue weighted by Gasteiger charge is 2.40. The van der Waals surface area contributed by atoms with Crippen LogP contribution in [0, 0.1) is 21.7 Å². The zero-order valence-electron chi connectivity index (χ0n) is 13.6. The predicted molar refractivity (Wildman–Crippen MR) is 88.1 cm³/mol. The number of carbonyl (C=O) groups excluding carboxylic acids is 3. The van der Waals surface area contributed by atoms with Crippen LogP contribution in [0.1, 0.15) is 27.1 Å². The number of rotatable bonds is 5. The number of imide groups is 1. The molecule has 8 nitrogen and oxygen atoms in total. The van der Waals surface area contributed by atoms with Gasteiger partial charge in [-0.25, -0.2) is 8.78 Å². The number of fused-ring (bicyclic) bond motifs is 1. The molecule has 1 aliphatic heterocycles. The lowest BCUT2D eigenvalue weighted by Crippen LogP contribution is -2.33. The van der Waals surface area contributed by atoms with E-state index >= 15 is 0 Å². The summed E-state index contributed by atoms with van der Waals surface area (Å²) < 4.78 is 26.0. The summed E-state index contributed by atoms with van der Waals surface area (Å²) in [6.07, 6.45) is -0.321. The highest BCUT2D eigenvalue weighted by Crippen LogP contribution is 2.30. The van der Waals surface area contributed by atoms with E-state index < -0.39 is 40.0 Å². The molecule has 0 spiro atoms. The highest BCUT2D eigenvalue weighted by atomic mass is 19.2. The molecule has 1 N–H and O–H groups in total. The number of carbonyl (C=O) groups is 3. The minimum Gasteiger partial charge on any atom is -0.326 e. The summed E-state index contributed by atoms with van der Waals surface area (Å²) in [7, 11) is 0. The quantitative estimate of drug-likeness (QED) is 0.491. The largest absolute Gasteiger partial charge is 0.326 e. The van der Waals surface area contributed by atoms with Gasteiger partial charge in [-0.05, 0) is 18.2 Å². The molecule has 2 aromatic rings. The summed E-state index contributed by atoms with van der Waals surface area (Å²) in [4.78, 5) is 47.6. The molecule has 0 aliphatic carbocycles. The Morgan fingerprint density at radius 2 is 1.85 bits per heavy atom. The van der Waals surface area contributed by atoms with E-state index in [-0.39, 0.29) is 29.8 Å². The fraction of sp³-hybridized carbons (Fsp3) is 0.118. The summed E-state index contributed by atoms with van der Waals surface area (Å²) in [5, 5.41) is 13.4. The van der Waals surface area contributed by atoms with Crippen molar-refractivity contribution in [2.45, 2.75) is 6.42 Å². The van der Waals surface area contributed by atoms with Gasteiger partial charge in [-0.2, -0.15) is 0 Å². The van der Waals surface area contributed by atoms with Crippen LogP contribution < -0.4 is 5.32 Å². The summed E-state index contributed by atoms with van der Waals surface area (Å²) in [5.41, 5.74) is -0.889. The van der Waals surface area contributed by atoms with Crippen LogP contribution in [0.5, 0.6) is 0 Å². The first kappa shape index (κ1) is 18.1. The zero-order chi connectivity index (χ0) is 19.7. The summed E-state index contributed by atoms with van der Waals surface area (Å²) in [5.74, 6) is -4.45. The molecule has 3 rings (SSSR count). The molecule has 1 heterocycles. The molecule has 0 unspecified atom stereocenters. The Morgan fingerprint density at radius 1 is 1.11 bits per heavy atom. The van der Waals surface area contributed by atoms with Gasteiger partial charge in [-0.1, -0.05) is 6.07 Å². The third-order valence-corrected chi connectivity index (χ3v) is 3.94. The molecule has 0 bridgehead atoms. The van der Waals surface area contributed by atoms with Crippen molar-refractivity contribution in [3.8, 4) is 0 Å². The fourth-order valence-electron chi connectivity index (χ4n) is 2.68. The molecular weight excluding hydrogens is 364 g/mol. The number of hydrogen-bond donors (Lipinski definition) is 1. The van der Waals surface area contributed by atoms with Crippen molar-refractivity contribution in [1.82, 2.24) is 4.90 Å². The van der Waals surface area contributed by atoms with E-state index in [1.165, 1.54) is 12.1 Å². The zero-order valence-corrected chi connectivity index (χ0v) is 13.6. The lowest BCUT2D eigenvalue weighted by atomic mass is 10.1. The first-order valence-corrected chi connectivity index (χ1v) is 7.68. The number of nitro benzene ring substituents is 1. The molecule has 0 atom stereocenters. The SMILES string of the molecule is O=C(CCN1C(=O)c2cccc([N+](=O)[O-])c2C1=O)Nc1ccc(F)c(F)c1. The van der Waals surface area contributed by atoms with Crippen LogP contribution >= 0.6 is 0 Å². The van der Waals surface area contributed by atoms with Gasteiger partial charge in [0.15, 0.2) is 11.6 Å². The second kappa shape index (κ2) is 6.90. The first-order valence-electron chi connectivity index (χ1n) is 7.68. The average Bonchev–Trinajstić information content (AvgIpc) is 2.87. The van der Waals surface area contributed by atoms with Crippen LogP contribution in [-0.2, 0) is 4.79 Å². The molecule has 1 aliphatic rings. The van der Waals surface area contributed by atoms with Crippen LogP contribution in [0.4, 0.5) is 20.2 Å². The second-order valence-corrected chi connectivity index (χ2v) is 5.65. The van der Waals surface area contributed by atoms with E-state index in [1.807, 2.05) is 0 Å². The van der Waals surface area contributed by atoms with Gasteiger partial charge in [-0.3, -0.25) is 29.4 Å². The smallest absolute Gasteiger partial charge is 0.282 e. The third-order valence-electron chi connectivity index (χ3n) is 3.94. The maximum Gasteiger partial charge on any atom is 0.282 e. The number of halogens is 2. The van der Waals surface area contributed by atoms with Gasteiger partial charge in [0, 0.05) is 30.8 Å². The van der Waals surface area contributed by atoms with Gasteiger partial charge < -0.3 is 5.32 Å². The summed E-state index contributed by atoms with van der Waals surface area (Å²) in [6.45, 7) is -0.320. The van der Waals surface area contributed by atoms with Crippen LogP contribution in [0.15, 0.2) is 36.4 Å². The number of hydrogen-bond acceptors (Lipinski definition) is 5. The Balaban J connectivity index is 1.70. The van der Waals surface area contributed by atoms with Crippen LogP contribution in [0.3, 0.4) is 0 Å². The molecule has 0 saturated carbocycles. The van der Waals surface area contributed by atoms with Crippen molar-refractivity contribution in [1.29, 1.82) is 0 Å². The van der Waals surface area contributed by atoms with Crippen molar-refractivity contribution < 1.29 is 28.1 Å². The number of nitrogens with zero attached hydrogens (tertiary/aromatic N) is 2. The number of benzene rings is 2. The molecule has 10 heteroatoms. The standard InChI is InChI=1S/C17H11F2N3O5/c18-11-5-4-9(8-12(11)19)20-14(23)6-7-21-16(24)10-2-1-3-13(22(26)27)15(10)17(21)25/h1-5,8H,6-7H2,(H,20,23). The third kappa shape index (κ3) is 3.36. The monoisotopic (exact) mass is 375 g/mol. The number of nitro groups is 1. The predicted octanol–water partition coefficient (Wildman–Crippen LogP) is 2.50. The normalized spacial score (nSPS) is 12.9.